The van der Waals surface area contributed by atoms with Crippen LogP contribution in [0.15, 0.2) is 91.0 Å². The van der Waals surface area contributed by atoms with Gasteiger partial charge in [-0.15, -0.1) is 0 Å². The van der Waals surface area contributed by atoms with E-state index in [-0.39, 0.29) is 88.7 Å². The van der Waals surface area contributed by atoms with E-state index in [1.165, 1.54) is 15.9 Å². The maximum atomic E-state index is 2.23. The molecule has 0 fully saturated rings. The Morgan fingerprint density at radius 3 is 0.818 bits per heavy atom. The molecular weight excluding hydrogens is 316 g/mol. The largest absolute Gasteiger partial charge is 0.0622 e. The molecular formula is C18H15Na3P. The molecule has 4 heteroatoms. The van der Waals surface area contributed by atoms with Gasteiger partial charge in [-0.05, 0) is 23.8 Å². The van der Waals surface area contributed by atoms with Crippen LogP contribution in [0.5, 0.6) is 0 Å². The molecule has 0 nitrogen and oxygen atoms in total. The standard InChI is InChI=1S/C18H15P.3Na/c1-4-10-16(11-5-1)19(17-12-6-2-7-13-17)18-14-8-3-9-15-18;;;/h1-15H;;;. The van der Waals surface area contributed by atoms with Gasteiger partial charge in [-0.1, -0.05) is 91.0 Å². The van der Waals surface area contributed by atoms with Crippen LogP contribution in [0, 0.1) is 0 Å². The molecule has 3 aromatic rings. The summed E-state index contributed by atoms with van der Waals surface area (Å²) < 4.78 is 0. The van der Waals surface area contributed by atoms with Crippen LogP contribution in [0.2, 0.25) is 0 Å². The number of hydrogen-bond donors (Lipinski definition) is 0. The molecule has 3 radical (unpaired) electrons. The number of rotatable bonds is 3. The summed E-state index contributed by atoms with van der Waals surface area (Å²) in [5.41, 5.74) is 0. The van der Waals surface area contributed by atoms with Crippen LogP contribution in [-0.2, 0) is 0 Å². The Morgan fingerprint density at radius 2 is 0.591 bits per heavy atom. The van der Waals surface area contributed by atoms with Crippen LogP contribution in [0.4, 0.5) is 0 Å². The van der Waals surface area contributed by atoms with E-state index in [0.717, 1.165) is 0 Å². The third-order valence-corrected chi connectivity index (χ3v) is 5.49. The molecule has 0 heterocycles. The maximum Gasteiger partial charge on any atom is 0 e. The van der Waals surface area contributed by atoms with E-state index in [9.17, 15) is 0 Å². The summed E-state index contributed by atoms with van der Waals surface area (Å²) in [5, 5.41) is 4.19. The van der Waals surface area contributed by atoms with E-state index in [1.54, 1.807) is 0 Å². The molecule has 0 atom stereocenters. The normalized spacial score (nSPS) is 9.14. The Labute approximate surface area is 200 Å². The first kappa shape index (κ1) is 23.1. The zero-order valence-electron chi connectivity index (χ0n) is 13.6. The van der Waals surface area contributed by atoms with Gasteiger partial charge in [0.1, 0.15) is 0 Å². The first-order valence-corrected chi connectivity index (χ1v) is 7.74. The molecule has 0 aliphatic heterocycles. The molecule has 0 aliphatic rings. The maximum absolute atomic E-state index is 2.23. The zero-order valence-corrected chi connectivity index (χ0v) is 20.5. The minimum atomic E-state index is -0.446. The molecule has 3 aromatic carbocycles. The van der Waals surface area contributed by atoms with Crippen LogP contribution in [0.1, 0.15) is 0 Å². The molecule has 0 unspecified atom stereocenters. The molecule has 0 aromatic heterocycles. The van der Waals surface area contributed by atoms with Crippen LogP contribution < -0.4 is 15.9 Å². The van der Waals surface area contributed by atoms with Gasteiger partial charge >= 0.3 is 0 Å². The van der Waals surface area contributed by atoms with Gasteiger partial charge in [0.25, 0.3) is 0 Å². The zero-order chi connectivity index (χ0) is 12.9. The first-order chi connectivity index (χ1) is 9.45. The van der Waals surface area contributed by atoms with Crippen molar-refractivity contribution >= 4 is 113 Å². The molecule has 3 rings (SSSR count). The summed E-state index contributed by atoms with van der Waals surface area (Å²) in [5.74, 6) is 0. The van der Waals surface area contributed by atoms with Gasteiger partial charge in [-0.25, -0.2) is 0 Å². The summed E-state index contributed by atoms with van der Waals surface area (Å²) in [4.78, 5) is 0. The van der Waals surface area contributed by atoms with Gasteiger partial charge in [0.05, 0.1) is 0 Å². The van der Waals surface area contributed by atoms with Gasteiger partial charge in [-0.2, -0.15) is 0 Å². The van der Waals surface area contributed by atoms with Crippen molar-refractivity contribution in [1.82, 2.24) is 0 Å². The second-order valence-corrected chi connectivity index (χ2v) is 6.56. The van der Waals surface area contributed by atoms with Crippen LogP contribution in [-0.4, -0.2) is 88.7 Å². The number of benzene rings is 3. The van der Waals surface area contributed by atoms with E-state index in [4.69, 9.17) is 0 Å². The average Bonchev–Trinajstić information content (AvgIpc) is 2.51. The Balaban J connectivity index is 0.00000147. The summed E-state index contributed by atoms with van der Waals surface area (Å²) in [7, 11) is -0.446. The van der Waals surface area contributed by atoms with Crippen LogP contribution in [0.25, 0.3) is 0 Å². The third-order valence-electron chi connectivity index (χ3n) is 3.04. The van der Waals surface area contributed by atoms with E-state index in [0.29, 0.717) is 0 Å². The van der Waals surface area contributed by atoms with Gasteiger partial charge in [0, 0.05) is 88.7 Å². The van der Waals surface area contributed by atoms with Crippen molar-refractivity contribution in [2.24, 2.45) is 0 Å². The monoisotopic (exact) mass is 331 g/mol. The molecule has 0 N–H and O–H groups in total. The predicted octanol–water partition coefficient (Wildman–Crippen LogP) is 2.30. The molecule has 95 valence electrons. The van der Waals surface area contributed by atoms with Crippen LogP contribution >= 0.6 is 7.92 Å². The fourth-order valence-corrected chi connectivity index (χ4v) is 4.48. The molecule has 0 bridgehead atoms. The minimum absolute atomic E-state index is 0. The van der Waals surface area contributed by atoms with E-state index >= 15 is 0 Å². The van der Waals surface area contributed by atoms with Gasteiger partial charge in [0.15, 0.2) is 0 Å². The second-order valence-electron chi connectivity index (χ2n) is 4.34. The Hall–Kier alpha value is 1.09. The summed E-state index contributed by atoms with van der Waals surface area (Å²) in [6.07, 6.45) is 0. The van der Waals surface area contributed by atoms with Crippen molar-refractivity contribution in [2.75, 3.05) is 0 Å². The topological polar surface area (TPSA) is 0 Å². The minimum Gasteiger partial charge on any atom is -0.0622 e. The fraction of sp³-hybridized carbons (Fsp3) is 0. The smallest absolute Gasteiger partial charge is 0 e. The van der Waals surface area contributed by atoms with Gasteiger partial charge in [0.2, 0.25) is 0 Å². The molecule has 0 amide bonds. The Morgan fingerprint density at radius 1 is 0.364 bits per heavy atom. The van der Waals surface area contributed by atoms with Crippen molar-refractivity contribution < 1.29 is 0 Å². The van der Waals surface area contributed by atoms with Crippen molar-refractivity contribution in [2.45, 2.75) is 0 Å². The third kappa shape index (κ3) is 6.19. The van der Waals surface area contributed by atoms with Crippen molar-refractivity contribution in [1.29, 1.82) is 0 Å². The second kappa shape index (κ2) is 12.5. The van der Waals surface area contributed by atoms with Crippen LogP contribution in [0.3, 0.4) is 0 Å². The van der Waals surface area contributed by atoms with Crippen molar-refractivity contribution in [3.05, 3.63) is 91.0 Å². The molecule has 0 spiro atoms. The van der Waals surface area contributed by atoms with Crippen molar-refractivity contribution in [3.8, 4) is 0 Å². The summed E-state index contributed by atoms with van der Waals surface area (Å²) >= 11 is 0. The molecule has 0 aliphatic carbocycles. The SMILES string of the molecule is [Na].[Na].[Na].c1ccc(P(c2ccccc2)c2ccccc2)cc1. The summed E-state index contributed by atoms with van der Waals surface area (Å²) in [6, 6.07) is 32.3. The Kier molecular flexibility index (Phi) is 13.1. The van der Waals surface area contributed by atoms with E-state index in [1.807, 2.05) is 0 Å². The summed E-state index contributed by atoms with van der Waals surface area (Å²) in [6.45, 7) is 0. The molecule has 0 saturated heterocycles. The van der Waals surface area contributed by atoms with Crippen molar-refractivity contribution in [3.63, 3.8) is 0 Å². The quantitative estimate of drug-likeness (QED) is 0.510. The van der Waals surface area contributed by atoms with E-state index in [2.05, 4.69) is 91.0 Å². The molecule has 0 saturated carbocycles. The first-order valence-electron chi connectivity index (χ1n) is 6.40. The molecule has 22 heavy (non-hydrogen) atoms. The number of hydrogen-bond acceptors (Lipinski definition) is 0. The van der Waals surface area contributed by atoms with Gasteiger partial charge in [-0.3, -0.25) is 0 Å². The fourth-order valence-electron chi connectivity index (χ4n) is 2.18. The van der Waals surface area contributed by atoms with Gasteiger partial charge < -0.3 is 0 Å². The predicted molar refractivity (Wildman–Crippen MR) is 102 cm³/mol. The van der Waals surface area contributed by atoms with E-state index < -0.39 is 7.92 Å². The Bertz CT molecular complexity index is 536. The average molecular weight is 331 g/mol.